The van der Waals surface area contributed by atoms with E-state index >= 15 is 0 Å². The van der Waals surface area contributed by atoms with Gasteiger partial charge in [-0.3, -0.25) is 15.1 Å². The van der Waals surface area contributed by atoms with Gasteiger partial charge in [-0.1, -0.05) is 36.4 Å². The molecule has 2 rings (SSSR count). The SMILES string of the molecule is O=C(C=Cc1ccccc1)NC(=S)NCCc1ccccn1. The summed E-state index contributed by atoms with van der Waals surface area (Å²) in [5, 5.41) is 5.91. The Bertz CT molecular complexity index is 641. The van der Waals surface area contributed by atoms with Crippen LogP contribution in [-0.4, -0.2) is 22.5 Å². The van der Waals surface area contributed by atoms with E-state index < -0.39 is 0 Å². The van der Waals surface area contributed by atoms with Crippen molar-refractivity contribution in [2.75, 3.05) is 6.54 Å². The van der Waals surface area contributed by atoms with Crippen molar-refractivity contribution in [3.8, 4) is 0 Å². The molecule has 0 bridgehead atoms. The maximum absolute atomic E-state index is 11.7. The Morgan fingerprint density at radius 2 is 1.91 bits per heavy atom. The predicted octanol–water partition coefficient (Wildman–Crippen LogP) is 2.33. The first-order valence-corrected chi connectivity index (χ1v) is 7.37. The zero-order valence-corrected chi connectivity index (χ0v) is 12.8. The van der Waals surface area contributed by atoms with Crippen molar-refractivity contribution in [2.45, 2.75) is 6.42 Å². The third kappa shape index (κ3) is 5.85. The zero-order chi connectivity index (χ0) is 15.6. The highest BCUT2D eigenvalue weighted by Gasteiger charge is 2.00. The average molecular weight is 311 g/mol. The molecule has 0 atom stereocenters. The number of nitrogens with zero attached hydrogens (tertiary/aromatic N) is 1. The van der Waals surface area contributed by atoms with Crippen LogP contribution in [-0.2, 0) is 11.2 Å². The third-order valence-electron chi connectivity index (χ3n) is 2.86. The smallest absolute Gasteiger partial charge is 0.250 e. The molecule has 1 heterocycles. The summed E-state index contributed by atoms with van der Waals surface area (Å²) in [4.78, 5) is 15.9. The maximum atomic E-state index is 11.7. The minimum Gasteiger partial charge on any atom is -0.362 e. The van der Waals surface area contributed by atoms with Crippen LogP contribution in [0.15, 0.2) is 60.8 Å². The highest BCUT2D eigenvalue weighted by atomic mass is 32.1. The summed E-state index contributed by atoms with van der Waals surface area (Å²) in [5.41, 5.74) is 1.94. The molecular weight excluding hydrogens is 294 g/mol. The molecule has 22 heavy (non-hydrogen) atoms. The number of hydrogen-bond donors (Lipinski definition) is 2. The first-order chi connectivity index (χ1) is 10.7. The van der Waals surface area contributed by atoms with Gasteiger partial charge in [0.2, 0.25) is 5.91 Å². The molecule has 1 aromatic heterocycles. The fraction of sp³-hybridized carbons (Fsp3) is 0.118. The number of amides is 1. The van der Waals surface area contributed by atoms with E-state index in [1.54, 1.807) is 12.3 Å². The highest BCUT2D eigenvalue weighted by molar-refractivity contribution is 7.80. The van der Waals surface area contributed by atoms with E-state index in [2.05, 4.69) is 15.6 Å². The lowest BCUT2D eigenvalue weighted by molar-refractivity contribution is -0.115. The largest absolute Gasteiger partial charge is 0.362 e. The highest BCUT2D eigenvalue weighted by Crippen LogP contribution is 2.00. The van der Waals surface area contributed by atoms with Crippen LogP contribution in [0.25, 0.3) is 6.08 Å². The molecule has 0 radical (unpaired) electrons. The molecule has 2 N–H and O–H groups in total. The van der Waals surface area contributed by atoms with Crippen molar-refractivity contribution in [3.63, 3.8) is 0 Å². The quantitative estimate of drug-likeness (QED) is 0.657. The Balaban J connectivity index is 1.70. The molecule has 0 aliphatic rings. The van der Waals surface area contributed by atoms with Gasteiger partial charge in [-0.15, -0.1) is 0 Å². The molecule has 0 spiro atoms. The number of carbonyl (C=O) groups excluding carboxylic acids is 1. The van der Waals surface area contributed by atoms with Crippen molar-refractivity contribution in [3.05, 3.63) is 72.1 Å². The Morgan fingerprint density at radius 1 is 1.14 bits per heavy atom. The van der Waals surface area contributed by atoms with Gasteiger partial charge in [0, 0.05) is 30.9 Å². The van der Waals surface area contributed by atoms with Crippen molar-refractivity contribution >= 4 is 29.3 Å². The Hall–Kier alpha value is -2.53. The Morgan fingerprint density at radius 3 is 2.64 bits per heavy atom. The average Bonchev–Trinajstić information content (AvgIpc) is 2.55. The third-order valence-corrected chi connectivity index (χ3v) is 3.10. The summed E-state index contributed by atoms with van der Waals surface area (Å²) in [6, 6.07) is 15.4. The first-order valence-electron chi connectivity index (χ1n) is 6.96. The monoisotopic (exact) mass is 311 g/mol. The molecule has 2 aromatic rings. The van der Waals surface area contributed by atoms with Gasteiger partial charge in [0.25, 0.3) is 0 Å². The van der Waals surface area contributed by atoms with Crippen LogP contribution in [0.4, 0.5) is 0 Å². The molecule has 0 aliphatic carbocycles. The molecule has 0 aliphatic heterocycles. The number of pyridine rings is 1. The van der Waals surface area contributed by atoms with Crippen LogP contribution in [0.2, 0.25) is 0 Å². The van der Waals surface area contributed by atoms with Crippen LogP contribution >= 0.6 is 12.2 Å². The number of benzene rings is 1. The van der Waals surface area contributed by atoms with Crippen molar-refractivity contribution in [1.29, 1.82) is 0 Å². The van der Waals surface area contributed by atoms with Gasteiger partial charge >= 0.3 is 0 Å². The minimum absolute atomic E-state index is 0.251. The molecule has 0 fully saturated rings. The molecule has 1 amide bonds. The number of aromatic nitrogens is 1. The van der Waals surface area contributed by atoms with E-state index in [0.29, 0.717) is 11.7 Å². The van der Waals surface area contributed by atoms with Gasteiger partial charge in [-0.25, -0.2) is 0 Å². The first kappa shape index (κ1) is 15.9. The van der Waals surface area contributed by atoms with Crippen LogP contribution in [0.3, 0.4) is 0 Å². The van der Waals surface area contributed by atoms with E-state index in [9.17, 15) is 4.79 Å². The van der Waals surface area contributed by atoms with Crippen molar-refractivity contribution in [1.82, 2.24) is 15.6 Å². The predicted molar refractivity (Wildman–Crippen MR) is 92.2 cm³/mol. The fourth-order valence-electron chi connectivity index (χ4n) is 1.78. The van der Waals surface area contributed by atoms with Gasteiger partial charge < -0.3 is 5.32 Å². The summed E-state index contributed by atoms with van der Waals surface area (Å²) in [6.07, 6.45) is 5.70. The van der Waals surface area contributed by atoms with Gasteiger partial charge in [0.15, 0.2) is 5.11 Å². The maximum Gasteiger partial charge on any atom is 0.250 e. The Labute approximate surface area is 135 Å². The number of thiocarbonyl (C=S) groups is 1. The van der Waals surface area contributed by atoms with Crippen LogP contribution in [0.5, 0.6) is 0 Å². The van der Waals surface area contributed by atoms with Gasteiger partial charge in [-0.2, -0.15) is 0 Å². The second-order valence-electron chi connectivity index (χ2n) is 4.56. The molecule has 4 nitrogen and oxygen atoms in total. The second-order valence-corrected chi connectivity index (χ2v) is 4.97. The minimum atomic E-state index is -0.251. The molecular formula is C17H17N3OS. The van der Waals surface area contributed by atoms with Crippen LogP contribution in [0, 0.1) is 0 Å². The summed E-state index contributed by atoms with van der Waals surface area (Å²) in [6.45, 7) is 0.624. The normalized spacial score (nSPS) is 10.4. The van der Waals surface area contributed by atoms with E-state index in [1.165, 1.54) is 6.08 Å². The zero-order valence-electron chi connectivity index (χ0n) is 12.0. The summed E-state index contributed by atoms with van der Waals surface area (Å²) in [5.74, 6) is -0.251. The molecule has 0 saturated carbocycles. The summed E-state index contributed by atoms with van der Waals surface area (Å²) in [7, 11) is 0. The second kappa shape index (κ2) is 8.69. The van der Waals surface area contributed by atoms with E-state index in [0.717, 1.165) is 17.7 Å². The lowest BCUT2D eigenvalue weighted by Gasteiger charge is -2.07. The molecule has 0 unspecified atom stereocenters. The summed E-state index contributed by atoms with van der Waals surface area (Å²) < 4.78 is 0. The fourth-order valence-corrected chi connectivity index (χ4v) is 1.99. The van der Waals surface area contributed by atoms with Gasteiger partial charge in [0.05, 0.1) is 0 Å². The standard InChI is InChI=1S/C17H17N3OS/c21-16(10-9-14-6-2-1-3-7-14)20-17(22)19-13-11-15-8-4-5-12-18-15/h1-10,12H,11,13H2,(H2,19,20,21,22). The number of rotatable bonds is 5. The van der Waals surface area contributed by atoms with E-state index in [1.807, 2.05) is 48.5 Å². The van der Waals surface area contributed by atoms with E-state index in [4.69, 9.17) is 12.2 Å². The van der Waals surface area contributed by atoms with Crippen molar-refractivity contribution < 1.29 is 4.79 Å². The van der Waals surface area contributed by atoms with Gasteiger partial charge in [0.1, 0.15) is 0 Å². The number of carbonyl (C=O) groups is 1. The molecule has 5 heteroatoms. The Kier molecular flexibility index (Phi) is 6.26. The summed E-state index contributed by atoms with van der Waals surface area (Å²) >= 11 is 5.08. The lowest BCUT2D eigenvalue weighted by atomic mass is 10.2. The van der Waals surface area contributed by atoms with E-state index in [-0.39, 0.29) is 5.91 Å². The molecule has 112 valence electrons. The van der Waals surface area contributed by atoms with Crippen LogP contribution in [0.1, 0.15) is 11.3 Å². The lowest BCUT2D eigenvalue weighted by Crippen LogP contribution is -2.39. The van der Waals surface area contributed by atoms with Crippen molar-refractivity contribution in [2.24, 2.45) is 0 Å². The topological polar surface area (TPSA) is 54.0 Å². The number of nitrogens with one attached hydrogen (secondary N) is 2. The number of hydrogen-bond acceptors (Lipinski definition) is 3. The van der Waals surface area contributed by atoms with Gasteiger partial charge in [-0.05, 0) is 36.0 Å². The molecule has 0 saturated heterocycles. The van der Waals surface area contributed by atoms with Crippen LogP contribution < -0.4 is 10.6 Å². The molecule has 1 aromatic carbocycles.